The maximum Gasteiger partial charge on any atom is 0.232 e. The molecule has 14 heavy (non-hydrogen) atoms. The summed E-state index contributed by atoms with van der Waals surface area (Å²) in [5.74, 6) is 0.175. The molecular weight excluding hydrogens is 289 g/mol. The van der Waals surface area contributed by atoms with E-state index < -0.39 is 0 Å². The lowest BCUT2D eigenvalue weighted by molar-refractivity contribution is -0.127. The summed E-state index contributed by atoms with van der Waals surface area (Å²) in [4.78, 5) is 13.1. The van der Waals surface area contributed by atoms with Gasteiger partial charge in [0.2, 0.25) is 5.91 Å². The Morgan fingerprint density at radius 3 is 2.64 bits per heavy atom. The minimum Gasteiger partial charge on any atom is -0.341 e. The van der Waals surface area contributed by atoms with E-state index in [1.54, 1.807) is 4.90 Å². The van der Waals surface area contributed by atoms with Gasteiger partial charge in [0.1, 0.15) is 0 Å². The van der Waals surface area contributed by atoms with E-state index in [2.05, 4.69) is 41.6 Å². The number of carbonyl (C=O) groups is 1. The molecule has 0 fully saturated rings. The van der Waals surface area contributed by atoms with Crippen molar-refractivity contribution in [3.8, 4) is 0 Å². The van der Waals surface area contributed by atoms with Gasteiger partial charge >= 0.3 is 0 Å². The Bertz CT molecular complexity index is 325. The van der Waals surface area contributed by atoms with Gasteiger partial charge in [-0.25, -0.2) is 0 Å². The number of amides is 1. The van der Waals surface area contributed by atoms with E-state index in [4.69, 9.17) is 0 Å². The second-order valence-electron chi connectivity index (χ2n) is 3.31. The van der Waals surface area contributed by atoms with Gasteiger partial charge in [-0.2, -0.15) is 0 Å². The monoisotopic (exact) mass is 303 g/mol. The van der Waals surface area contributed by atoms with Crippen molar-refractivity contribution in [2.45, 2.75) is 13.5 Å². The summed E-state index contributed by atoms with van der Waals surface area (Å²) in [5.41, 5.74) is 2.45. The summed E-state index contributed by atoms with van der Waals surface area (Å²) in [5, 5.41) is 0. The quantitative estimate of drug-likeness (QED) is 0.620. The van der Waals surface area contributed by atoms with E-state index in [0.717, 1.165) is 0 Å². The molecule has 0 heterocycles. The third-order valence-electron chi connectivity index (χ3n) is 2.21. The molecule has 0 saturated heterocycles. The van der Waals surface area contributed by atoms with Crippen LogP contribution in [0.5, 0.6) is 0 Å². The van der Waals surface area contributed by atoms with Gasteiger partial charge in [-0.3, -0.25) is 4.79 Å². The van der Waals surface area contributed by atoms with Crippen LogP contribution in [0.1, 0.15) is 11.1 Å². The number of halogens is 1. The van der Waals surface area contributed by atoms with Crippen molar-refractivity contribution in [1.82, 2.24) is 4.90 Å². The minimum absolute atomic E-state index is 0.175. The molecule has 1 rings (SSSR count). The van der Waals surface area contributed by atoms with Crippen LogP contribution in [-0.2, 0) is 11.3 Å². The highest BCUT2D eigenvalue weighted by atomic mass is 127. The zero-order valence-corrected chi connectivity index (χ0v) is 10.6. The van der Waals surface area contributed by atoms with Crippen LogP contribution in [0.15, 0.2) is 24.3 Å². The maximum atomic E-state index is 11.3. The number of aryl methyl sites for hydroxylation is 1. The average Bonchev–Trinajstić information content (AvgIpc) is 2.20. The van der Waals surface area contributed by atoms with E-state index in [1.165, 1.54) is 11.1 Å². The van der Waals surface area contributed by atoms with Crippen LogP contribution in [0, 0.1) is 6.92 Å². The topological polar surface area (TPSA) is 20.3 Å². The Balaban J connectivity index is 2.69. The molecule has 2 nitrogen and oxygen atoms in total. The first-order valence-corrected chi connectivity index (χ1v) is 6.02. The molecule has 0 atom stereocenters. The fourth-order valence-electron chi connectivity index (χ4n) is 1.23. The van der Waals surface area contributed by atoms with E-state index in [0.29, 0.717) is 11.0 Å². The van der Waals surface area contributed by atoms with E-state index in [9.17, 15) is 4.79 Å². The molecule has 76 valence electrons. The highest BCUT2D eigenvalue weighted by Crippen LogP contribution is 2.09. The normalized spacial score (nSPS) is 9.93. The Labute approximate surface area is 98.4 Å². The smallest absolute Gasteiger partial charge is 0.232 e. The number of alkyl halides is 1. The van der Waals surface area contributed by atoms with E-state index in [1.807, 2.05) is 19.2 Å². The van der Waals surface area contributed by atoms with Crippen molar-refractivity contribution in [2.24, 2.45) is 0 Å². The van der Waals surface area contributed by atoms with Gasteiger partial charge < -0.3 is 4.90 Å². The summed E-state index contributed by atoms with van der Waals surface area (Å²) < 4.78 is 0.542. The van der Waals surface area contributed by atoms with Crippen LogP contribution in [-0.4, -0.2) is 22.3 Å². The van der Waals surface area contributed by atoms with Crippen LogP contribution >= 0.6 is 22.6 Å². The van der Waals surface area contributed by atoms with Crippen molar-refractivity contribution < 1.29 is 4.79 Å². The van der Waals surface area contributed by atoms with Gasteiger partial charge in [0.05, 0.1) is 4.43 Å². The van der Waals surface area contributed by atoms with Crippen molar-refractivity contribution >= 4 is 28.5 Å². The Morgan fingerprint density at radius 1 is 1.43 bits per heavy atom. The molecule has 0 aromatic heterocycles. The number of rotatable bonds is 3. The zero-order valence-electron chi connectivity index (χ0n) is 8.46. The highest BCUT2D eigenvalue weighted by Gasteiger charge is 2.07. The summed E-state index contributed by atoms with van der Waals surface area (Å²) in [6.07, 6.45) is 0. The van der Waals surface area contributed by atoms with Gasteiger partial charge in [0, 0.05) is 13.6 Å². The molecule has 0 aliphatic rings. The molecule has 0 aliphatic carbocycles. The third-order valence-corrected chi connectivity index (χ3v) is 2.86. The van der Waals surface area contributed by atoms with Crippen molar-refractivity contribution in [3.63, 3.8) is 0 Å². The van der Waals surface area contributed by atoms with Crippen LogP contribution in [0.25, 0.3) is 0 Å². The molecule has 0 radical (unpaired) electrons. The molecule has 1 aromatic carbocycles. The molecule has 0 aliphatic heterocycles. The summed E-state index contributed by atoms with van der Waals surface area (Å²) in [6.45, 7) is 2.77. The lowest BCUT2D eigenvalue weighted by Gasteiger charge is -2.17. The van der Waals surface area contributed by atoms with Crippen LogP contribution < -0.4 is 0 Å². The molecule has 3 heteroatoms. The first kappa shape index (κ1) is 11.5. The number of nitrogens with zero attached hydrogens (tertiary/aromatic N) is 1. The Kier molecular flexibility index (Phi) is 4.38. The van der Waals surface area contributed by atoms with E-state index >= 15 is 0 Å². The number of carbonyl (C=O) groups excluding carboxylic acids is 1. The lowest BCUT2D eigenvalue weighted by atomic mass is 10.1. The predicted molar refractivity (Wildman–Crippen MR) is 66.5 cm³/mol. The van der Waals surface area contributed by atoms with Crippen molar-refractivity contribution in [1.29, 1.82) is 0 Å². The fraction of sp³-hybridized carbons (Fsp3) is 0.364. The SMILES string of the molecule is Cc1ccccc1CN(C)C(=O)CI. The van der Waals surface area contributed by atoms with Crippen molar-refractivity contribution in [2.75, 3.05) is 11.5 Å². The fourth-order valence-corrected chi connectivity index (χ4v) is 1.82. The Morgan fingerprint density at radius 2 is 2.07 bits per heavy atom. The molecule has 0 unspecified atom stereocenters. The molecular formula is C11H14INO. The number of benzene rings is 1. The van der Waals surface area contributed by atoms with Gasteiger partial charge in [0.25, 0.3) is 0 Å². The number of hydrogen-bond donors (Lipinski definition) is 0. The molecule has 0 saturated carbocycles. The predicted octanol–water partition coefficient (Wildman–Crippen LogP) is 2.39. The third kappa shape index (κ3) is 2.97. The minimum atomic E-state index is 0.175. The van der Waals surface area contributed by atoms with Crippen LogP contribution in [0.2, 0.25) is 0 Å². The molecule has 1 amide bonds. The Hall–Kier alpha value is -0.580. The van der Waals surface area contributed by atoms with Crippen molar-refractivity contribution in [3.05, 3.63) is 35.4 Å². The van der Waals surface area contributed by atoms with Gasteiger partial charge in [-0.15, -0.1) is 0 Å². The lowest BCUT2D eigenvalue weighted by Crippen LogP contribution is -2.27. The standard InChI is InChI=1S/C11H14INO/c1-9-5-3-4-6-10(9)8-13(2)11(14)7-12/h3-6H,7-8H2,1-2H3. The van der Waals surface area contributed by atoms with Gasteiger partial charge in [0.15, 0.2) is 0 Å². The van der Waals surface area contributed by atoms with Crippen LogP contribution in [0.4, 0.5) is 0 Å². The molecule has 0 bridgehead atoms. The first-order valence-electron chi connectivity index (χ1n) is 4.49. The van der Waals surface area contributed by atoms with Gasteiger partial charge in [-0.1, -0.05) is 46.9 Å². The van der Waals surface area contributed by atoms with E-state index in [-0.39, 0.29) is 5.91 Å². The highest BCUT2D eigenvalue weighted by molar-refractivity contribution is 14.1. The van der Waals surface area contributed by atoms with Crippen LogP contribution in [0.3, 0.4) is 0 Å². The largest absolute Gasteiger partial charge is 0.341 e. The molecule has 0 N–H and O–H groups in total. The van der Waals surface area contributed by atoms with Gasteiger partial charge in [-0.05, 0) is 18.1 Å². The second-order valence-corrected chi connectivity index (χ2v) is 4.07. The summed E-state index contributed by atoms with van der Waals surface area (Å²) >= 11 is 2.09. The average molecular weight is 303 g/mol. The first-order chi connectivity index (χ1) is 6.65. The zero-order chi connectivity index (χ0) is 10.6. The molecule has 0 spiro atoms. The summed E-state index contributed by atoms with van der Waals surface area (Å²) in [6, 6.07) is 8.15. The summed E-state index contributed by atoms with van der Waals surface area (Å²) in [7, 11) is 1.84. The number of hydrogen-bond acceptors (Lipinski definition) is 1. The second kappa shape index (κ2) is 5.34. The molecule has 1 aromatic rings. The maximum absolute atomic E-state index is 11.3.